The van der Waals surface area contributed by atoms with Gasteiger partial charge in [0.2, 0.25) is 0 Å². The number of rotatable bonds is 1. The van der Waals surface area contributed by atoms with Crippen LogP contribution >= 0.6 is 43.2 Å². The van der Waals surface area contributed by atoms with Crippen LogP contribution in [0.5, 0.6) is 5.75 Å². The summed E-state index contributed by atoms with van der Waals surface area (Å²) in [6.45, 7) is 1.38. The Morgan fingerprint density at radius 3 is 2.87 bits per heavy atom. The molecule has 78 valence electrons. The summed E-state index contributed by atoms with van der Waals surface area (Å²) >= 11 is 8.19. The van der Waals surface area contributed by atoms with Crippen molar-refractivity contribution >= 4 is 59.4 Å². The molecule has 2 rings (SSSR count). The van der Waals surface area contributed by atoms with Crippen molar-refractivity contribution in [3.05, 3.63) is 20.5 Å². The molecule has 0 saturated heterocycles. The fraction of sp³-hybridized carbons (Fsp3) is 0.111. The Hall–Kier alpha value is -0.460. The number of hydrogen-bond acceptors (Lipinski definition) is 4. The lowest BCUT2D eigenvalue weighted by Gasteiger charge is -2.01. The second kappa shape index (κ2) is 4.19. The number of benzene rings is 1. The SMILES string of the molecule is CC(=O)Oc1cc(Br)c2nc(Br)sc2c1. The van der Waals surface area contributed by atoms with Gasteiger partial charge in [0.05, 0.1) is 10.2 Å². The molecule has 0 atom stereocenters. The highest BCUT2D eigenvalue weighted by molar-refractivity contribution is 9.11. The highest BCUT2D eigenvalue weighted by Gasteiger charge is 2.09. The maximum Gasteiger partial charge on any atom is 0.308 e. The van der Waals surface area contributed by atoms with Gasteiger partial charge in [0.25, 0.3) is 0 Å². The number of nitrogens with zero attached hydrogens (tertiary/aromatic N) is 1. The summed E-state index contributed by atoms with van der Waals surface area (Å²) in [5.41, 5.74) is 0.864. The number of esters is 1. The van der Waals surface area contributed by atoms with Gasteiger partial charge in [0.15, 0.2) is 3.92 Å². The molecule has 0 aliphatic heterocycles. The molecule has 15 heavy (non-hydrogen) atoms. The summed E-state index contributed by atoms with van der Waals surface area (Å²) in [5, 5.41) is 0. The van der Waals surface area contributed by atoms with Gasteiger partial charge < -0.3 is 4.74 Å². The van der Waals surface area contributed by atoms with Crippen LogP contribution in [0.1, 0.15) is 6.92 Å². The van der Waals surface area contributed by atoms with Crippen LogP contribution < -0.4 is 4.74 Å². The Morgan fingerprint density at radius 1 is 1.47 bits per heavy atom. The van der Waals surface area contributed by atoms with Crippen molar-refractivity contribution < 1.29 is 9.53 Å². The lowest BCUT2D eigenvalue weighted by atomic mass is 10.3. The van der Waals surface area contributed by atoms with Crippen molar-refractivity contribution in [2.75, 3.05) is 0 Å². The number of thiazole rings is 1. The average molecular weight is 351 g/mol. The van der Waals surface area contributed by atoms with E-state index in [-0.39, 0.29) is 5.97 Å². The summed E-state index contributed by atoms with van der Waals surface area (Å²) in [6.07, 6.45) is 0. The first-order chi connectivity index (χ1) is 7.06. The van der Waals surface area contributed by atoms with Crippen molar-refractivity contribution in [2.24, 2.45) is 0 Å². The molecule has 1 heterocycles. The second-order valence-electron chi connectivity index (χ2n) is 2.81. The minimum atomic E-state index is -0.329. The summed E-state index contributed by atoms with van der Waals surface area (Å²) in [7, 11) is 0. The summed E-state index contributed by atoms with van der Waals surface area (Å²) in [5.74, 6) is 0.197. The molecule has 0 amide bonds. The zero-order valence-electron chi connectivity index (χ0n) is 7.58. The van der Waals surface area contributed by atoms with Crippen molar-refractivity contribution in [3.63, 3.8) is 0 Å². The van der Waals surface area contributed by atoms with Gasteiger partial charge in [-0.05, 0) is 37.9 Å². The lowest BCUT2D eigenvalue weighted by molar-refractivity contribution is -0.131. The molecule has 0 aliphatic rings. The minimum absolute atomic E-state index is 0.329. The molecule has 1 aromatic heterocycles. The zero-order chi connectivity index (χ0) is 11.0. The average Bonchev–Trinajstić information content (AvgIpc) is 2.44. The van der Waals surface area contributed by atoms with Crippen LogP contribution in [0.25, 0.3) is 10.2 Å². The largest absolute Gasteiger partial charge is 0.427 e. The molecular weight excluding hydrogens is 346 g/mol. The Kier molecular flexibility index (Phi) is 3.08. The van der Waals surface area contributed by atoms with Crippen molar-refractivity contribution in [2.45, 2.75) is 6.92 Å². The smallest absolute Gasteiger partial charge is 0.308 e. The van der Waals surface area contributed by atoms with Gasteiger partial charge in [0, 0.05) is 17.5 Å². The van der Waals surface area contributed by atoms with Gasteiger partial charge in [-0.3, -0.25) is 4.79 Å². The van der Waals surface area contributed by atoms with Crippen LogP contribution in [0.3, 0.4) is 0 Å². The third kappa shape index (κ3) is 2.38. The van der Waals surface area contributed by atoms with E-state index in [1.807, 2.05) is 0 Å². The summed E-state index contributed by atoms with van der Waals surface area (Å²) in [6, 6.07) is 3.53. The Morgan fingerprint density at radius 2 is 2.20 bits per heavy atom. The van der Waals surface area contributed by atoms with Crippen molar-refractivity contribution in [3.8, 4) is 5.75 Å². The Balaban J connectivity index is 2.56. The number of fused-ring (bicyclic) bond motifs is 1. The van der Waals surface area contributed by atoms with E-state index in [0.717, 1.165) is 18.6 Å². The quantitative estimate of drug-likeness (QED) is 0.580. The summed E-state index contributed by atoms with van der Waals surface area (Å²) in [4.78, 5) is 15.1. The van der Waals surface area contributed by atoms with E-state index < -0.39 is 0 Å². The van der Waals surface area contributed by atoms with E-state index in [1.165, 1.54) is 18.3 Å². The fourth-order valence-electron chi connectivity index (χ4n) is 1.16. The topological polar surface area (TPSA) is 39.2 Å². The van der Waals surface area contributed by atoms with E-state index in [1.54, 1.807) is 12.1 Å². The third-order valence-corrected chi connectivity index (χ3v) is 3.72. The van der Waals surface area contributed by atoms with Gasteiger partial charge >= 0.3 is 5.97 Å². The Bertz CT molecular complexity index is 538. The standard InChI is InChI=1S/C9H5Br2NO2S/c1-4(13)14-5-2-6(10)8-7(3-5)15-9(11)12-8/h2-3H,1H3. The maximum atomic E-state index is 10.8. The first kappa shape index (κ1) is 11.0. The number of ether oxygens (including phenoxy) is 1. The molecule has 3 nitrogen and oxygen atoms in total. The molecular formula is C9H5Br2NO2S. The van der Waals surface area contributed by atoms with E-state index in [4.69, 9.17) is 4.74 Å². The highest BCUT2D eigenvalue weighted by Crippen LogP contribution is 2.34. The molecule has 0 radical (unpaired) electrons. The van der Waals surface area contributed by atoms with Crippen LogP contribution in [0, 0.1) is 0 Å². The van der Waals surface area contributed by atoms with Gasteiger partial charge in [-0.25, -0.2) is 4.98 Å². The second-order valence-corrected chi connectivity index (χ2v) is 5.97. The zero-order valence-corrected chi connectivity index (χ0v) is 11.6. The predicted octanol–water partition coefficient (Wildman–Crippen LogP) is 3.75. The van der Waals surface area contributed by atoms with Crippen LogP contribution in [-0.4, -0.2) is 11.0 Å². The molecule has 0 bridgehead atoms. The number of carbonyl (C=O) groups is 1. The van der Waals surface area contributed by atoms with Crippen LogP contribution in [0.2, 0.25) is 0 Å². The van der Waals surface area contributed by atoms with Crippen LogP contribution in [0.4, 0.5) is 0 Å². The van der Waals surface area contributed by atoms with Gasteiger partial charge in [-0.15, -0.1) is 11.3 Å². The molecule has 0 N–H and O–H groups in total. The van der Waals surface area contributed by atoms with Crippen molar-refractivity contribution in [1.29, 1.82) is 0 Å². The third-order valence-electron chi connectivity index (χ3n) is 1.66. The lowest BCUT2D eigenvalue weighted by Crippen LogP contribution is -2.00. The monoisotopic (exact) mass is 349 g/mol. The fourth-order valence-corrected chi connectivity index (χ4v) is 3.27. The van der Waals surface area contributed by atoms with E-state index >= 15 is 0 Å². The minimum Gasteiger partial charge on any atom is -0.427 e. The van der Waals surface area contributed by atoms with Gasteiger partial charge in [-0.2, -0.15) is 0 Å². The highest BCUT2D eigenvalue weighted by atomic mass is 79.9. The normalized spacial score (nSPS) is 10.6. The molecule has 0 aliphatic carbocycles. The number of halogens is 2. The predicted molar refractivity (Wildman–Crippen MR) is 66.3 cm³/mol. The Labute approximate surface area is 107 Å². The van der Waals surface area contributed by atoms with Crippen molar-refractivity contribution in [1.82, 2.24) is 4.98 Å². The van der Waals surface area contributed by atoms with E-state index in [9.17, 15) is 4.79 Å². The summed E-state index contributed by atoms with van der Waals surface area (Å²) < 4.78 is 7.59. The first-order valence-corrected chi connectivity index (χ1v) is 6.40. The van der Waals surface area contributed by atoms with E-state index in [2.05, 4.69) is 36.8 Å². The number of aromatic nitrogens is 1. The molecule has 0 fully saturated rings. The molecule has 1 aromatic carbocycles. The van der Waals surface area contributed by atoms with Gasteiger partial charge in [0.1, 0.15) is 5.75 Å². The van der Waals surface area contributed by atoms with Crippen LogP contribution in [0.15, 0.2) is 20.5 Å². The number of hydrogen-bond donors (Lipinski definition) is 0. The maximum absolute atomic E-state index is 10.8. The molecule has 6 heteroatoms. The van der Waals surface area contributed by atoms with Gasteiger partial charge in [-0.1, -0.05) is 0 Å². The van der Waals surface area contributed by atoms with E-state index in [0.29, 0.717) is 5.75 Å². The molecule has 0 spiro atoms. The molecule has 0 saturated carbocycles. The number of carbonyl (C=O) groups excluding carboxylic acids is 1. The molecule has 0 unspecified atom stereocenters. The van der Waals surface area contributed by atoms with Crippen LogP contribution in [-0.2, 0) is 4.79 Å². The molecule has 2 aromatic rings. The first-order valence-electron chi connectivity index (χ1n) is 4.00.